The molecule has 0 aliphatic heterocycles. The third-order valence-corrected chi connectivity index (χ3v) is 13.9. The minimum atomic E-state index is 0.0551. The molecule has 56 heavy (non-hydrogen) atoms. The van der Waals surface area contributed by atoms with Crippen LogP contribution in [-0.2, 0) is 10.8 Å². The van der Waals surface area contributed by atoms with E-state index in [0.29, 0.717) is 0 Å². The van der Waals surface area contributed by atoms with Crippen molar-refractivity contribution in [2.24, 2.45) is 0 Å². The van der Waals surface area contributed by atoms with E-state index in [1.54, 1.807) is 0 Å². The molecule has 0 saturated carbocycles. The van der Waals surface area contributed by atoms with Gasteiger partial charge in [0.1, 0.15) is 0 Å². The number of rotatable bonds is 4. The summed E-state index contributed by atoms with van der Waals surface area (Å²) in [6, 6.07) is 59.5. The second kappa shape index (κ2) is 13.0. The van der Waals surface area contributed by atoms with E-state index in [9.17, 15) is 0 Å². The van der Waals surface area contributed by atoms with E-state index in [2.05, 4.69) is 199 Å². The van der Waals surface area contributed by atoms with Gasteiger partial charge in [0.25, 0.3) is 0 Å². The molecule has 0 aliphatic carbocycles. The van der Waals surface area contributed by atoms with Crippen LogP contribution in [0.15, 0.2) is 158 Å². The first-order valence-corrected chi connectivity index (χ1v) is 21.3. The molecule has 0 spiro atoms. The lowest BCUT2D eigenvalue weighted by Gasteiger charge is -2.19. The molecule has 10 rings (SSSR count). The van der Waals surface area contributed by atoms with Gasteiger partial charge in [0, 0.05) is 52.2 Å². The fourth-order valence-corrected chi connectivity index (χ4v) is 11.3. The van der Waals surface area contributed by atoms with E-state index in [0.717, 1.165) is 0 Å². The van der Waals surface area contributed by atoms with Gasteiger partial charge in [-0.15, -0.1) is 22.7 Å². The zero-order chi connectivity index (χ0) is 38.3. The number of hydrogen-bond acceptors (Lipinski definition) is 2. The van der Waals surface area contributed by atoms with Crippen LogP contribution in [0.25, 0.3) is 95.6 Å². The Morgan fingerprint density at radius 1 is 0.321 bits per heavy atom. The van der Waals surface area contributed by atoms with Crippen LogP contribution in [0.3, 0.4) is 0 Å². The molecule has 0 nitrogen and oxygen atoms in total. The molecule has 0 N–H and O–H groups in total. The number of benzene rings is 8. The molecule has 0 atom stereocenters. The van der Waals surface area contributed by atoms with Crippen molar-refractivity contribution in [2.45, 2.75) is 52.4 Å². The predicted molar refractivity (Wildman–Crippen MR) is 249 cm³/mol. The Hall–Kier alpha value is -5.54. The van der Waals surface area contributed by atoms with Crippen LogP contribution in [0, 0.1) is 0 Å². The summed E-state index contributed by atoms with van der Waals surface area (Å²) in [5.74, 6) is 0. The molecule has 2 aromatic heterocycles. The highest BCUT2D eigenvalue weighted by Crippen LogP contribution is 2.55. The monoisotopic (exact) mass is 756 g/mol. The Bertz CT molecular complexity index is 2910. The quantitative estimate of drug-likeness (QED) is 0.157. The zero-order valence-corrected chi connectivity index (χ0v) is 34.5. The lowest BCUT2D eigenvalue weighted by atomic mass is 9.84. The van der Waals surface area contributed by atoms with Gasteiger partial charge in [0.05, 0.1) is 0 Å². The van der Waals surface area contributed by atoms with Crippen molar-refractivity contribution in [3.8, 4) is 43.1 Å². The van der Waals surface area contributed by atoms with E-state index in [1.165, 1.54) is 107 Å². The number of thiophene rings is 2. The van der Waals surface area contributed by atoms with Crippen molar-refractivity contribution >= 4 is 75.2 Å². The van der Waals surface area contributed by atoms with Crippen molar-refractivity contribution in [1.82, 2.24) is 0 Å². The van der Waals surface area contributed by atoms with Crippen LogP contribution in [0.4, 0.5) is 0 Å². The SMILES string of the molecule is CC(C)(C)c1ccc2c(-c3ccccc3)c(-c3c4ccccc4c(-c4sc5cc(C(C)(C)C)ccc5c4-c4ccccc4)c4cc5ccccc5cc34)sc2c1. The first kappa shape index (κ1) is 34.9. The predicted octanol–water partition coefficient (Wildman–Crippen LogP) is 16.8. The second-order valence-corrected chi connectivity index (χ2v) is 19.4. The van der Waals surface area contributed by atoms with Crippen LogP contribution in [0.1, 0.15) is 52.7 Å². The van der Waals surface area contributed by atoms with E-state index >= 15 is 0 Å². The average Bonchev–Trinajstić information content (AvgIpc) is 3.77. The van der Waals surface area contributed by atoms with Gasteiger partial charge in [0.2, 0.25) is 0 Å². The molecule has 2 heteroatoms. The summed E-state index contributed by atoms with van der Waals surface area (Å²) in [7, 11) is 0. The fourth-order valence-electron chi connectivity index (χ4n) is 8.61. The highest BCUT2D eigenvalue weighted by atomic mass is 32.1. The molecular weight excluding hydrogens is 713 g/mol. The summed E-state index contributed by atoms with van der Waals surface area (Å²) >= 11 is 3.90. The maximum atomic E-state index is 2.48. The molecule has 0 radical (unpaired) electrons. The Labute approximate surface area is 337 Å². The summed E-state index contributed by atoms with van der Waals surface area (Å²) in [5.41, 5.74) is 10.6. The second-order valence-electron chi connectivity index (χ2n) is 17.3. The Balaban J connectivity index is 1.39. The molecule has 2 heterocycles. The number of hydrogen-bond donors (Lipinski definition) is 0. The van der Waals surface area contributed by atoms with E-state index < -0.39 is 0 Å². The topological polar surface area (TPSA) is 0 Å². The van der Waals surface area contributed by atoms with Gasteiger partial charge < -0.3 is 0 Å². The van der Waals surface area contributed by atoms with Crippen molar-refractivity contribution in [2.75, 3.05) is 0 Å². The van der Waals surface area contributed by atoms with Gasteiger partial charge >= 0.3 is 0 Å². The van der Waals surface area contributed by atoms with Crippen molar-refractivity contribution in [3.63, 3.8) is 0 Å². The van der Waals surface area contributed by atoms with Crippen molar-refractivity contribution in [1.29, 1.82) is 0 Å². The lowest BCUT2D eigenvalue weighted by Crippen LogP contribution is -2.10. The fraction of sp³-hybridized carbons (Fsp3) is 0.148. The normalized spacial score (nSPS) is 12.5. The standard InChI is InChI=1S/C54H44S2/c1-53(2,3)37-25-27-41-45(31-37)55-51(47(41)33-17-9-7-10-18-33)49-39-23-15-16-24-40(39)50(44-30-36-22-14-13-21-35(36)29-43(44)49)52-48(34-19-11-8-12-20-34)42-28-26-38(54(4,5)6)32-46(42)56-52/h7-32H,1-6H3. The minimum Gasteiger partial charge on any atom is -0.134 e. The molecule has 272 valence electrons. The largest absolute Gasteiger partial charge is 0.134 e. The molecule has 10 aromatic rings. The molecule has 0 aliphatic rings. The highest BCUT2D eigenvalue weighted by molar-refractivity contribution is 7.23. The van der Waals surface area contributed by atoms with E-state index in [1.807, 2.05) is 22.7 Å². The van der Waals surface area contributed by atoms with Gasteiger partial charge in [-0.25, -0.2) is 0 Å². The van der Waals surface area contributed by atoms with Gasteiger partial charge in [-0.1, -0.05) is 175 Å². The molecule has 0 amide bonds. The van der Waals surface area contributed by atoms with Crippen LogP contribution in [0.5, 0.6) is 0 Å². The van der Waals surface area contributed by atoms with Crippen LogP contribution < -0.4 is 0 Å². The Morgan fingerprint density at radius 3 is 1.09 bits per heavy atom. The van der Waals surface area contributed by atoms with Gasteiger partial charge in [-0.2, -0.15) is 0 Å². The Morgan fingerprint density at radius 2 is 0.696 bits per heavy atom. The minimum absolute atomic E-state index is 0.0551. The van der Waals surface area contributed by atoms with E-state index in [4.69, 9.17) is 0 Å². The molecular formula is C54H44S2. The summed E-state index contributed by atoms with van der Waals surface area (Å²) in [6.45, 7) is 13.9. The maximum absolute atomic E-state index is 2.48. The van der Waals surface area contributed by atoms with Crippen LogP contribution in [0.2, 0.25) is 0 Å². The average molecular weight is 757 g/mol. The molecule has 8 aromatic carbocycles. The van der Waals surface area contributed by atoms with Gasteiger partial charge in [-0.05, 0) is 89.7 Å². The Kier molecular flexibility index (Phi) is 8.12. The van der Waals surface area contributed by atoms with Crippen molar-refractivity contribution < 1.29 is 0 Å². The summed E-state index contributed by atoms with van der Waals surface area (Å²) < 4.78 is 2.66. The summed E-state index contributed by atoms with van der Waals surface area (Å²) in [4.78, 5) is 2.66. The zero-order valence-electron chi connectivity index (χ0n) is 32.8. The molecule has 0 unspecified atom stereocenters. The van der Waals surface area contributed by atoms with Gasteiger partial charge in [-0.3, -0.25) is 0 Å². The molecule has 0 bridgehead atoms. The van der Waals surface area contributed by atoms with Crippen LogP contribution in [-0.4, -0.2) is 0 Å². The molecule has 0 fully saturated rings. The third kappa shape index (κ3) is 5.69. The molecule has 0 saturated heterocycles. The summed E-state index contributed by atoms with van der Waals surface area (Å²) in [5, 5.41) is 10.3. The first-order chi connectivity index (χ1) is 27.0. The van der Waals surface area contributed by atoms with E-state index in [-0.39, 0.29) is 10.8 Å². The highest BCUT2D eigenvalue weighted by Gasteiger charge is 2.27. The van der Waals surface area contributed by atoms with Crippen LogP contribution >= 0.6 is 22.7 Å². The first-order valence-electron chi connectivity index (χ1n) is 19.7. The summed E-state index contributed by atoms with van der Waals surface area (Å²) in [6.07, 6.45) is 0. The van der Waals surface area contributed by atoms with Crippen molar-refractivity contribution in [3.05, 3.63) is 169 Å². The maximum Gasteiger partial charge on any atom is 0.0446 e. The number of fused-ring (bicyclic) bond motifs is 5. The lowest BCUT2D eigenvalue weighted by molar-refractivity contribution is 0.591. The van der Waals surface area contributed by atoms with Gasteiger partial charge in [0.15, 0.2) is 0 Å². The smallest absolute Gasteiger partial charge is 0.0446 e. The third-order valence-electron chi connectivity index (χ3n) is 11.6.